The van der Waals surface area contributed by atoms with Gasteiger partial charge in [-0.1, -0.05) is 0 Å². The van der Waals surface area contributed by atoms with E-state index in [0.717, 1.165) is 0 Å². The van der Waals surface area contributed by atoms with Crippen LogP contribution in [0, 0.1) is 0 Å². The summed E-state index contributed by atoms with van der Waals surface area (Å²) in [5.74, 6) is -0.433. The van der Waals surface area contributed by atoms with E-state index in [9.17, 15) is 4.79 Å². The normalized spacial score (nSPS) is 11.1. The number of hydrogen-bond donors (Lipinski definition) is 1. The molecular weight excluding hydrogens is 180 g/mol. The molecule has 0 radical (unpaired) electrons. The van der Waals surface area contributed by atoms with Crippen molar-refractivity contribution < 1.29 is 9.53 Å². The summed E-state index contributed by atoms with van der Waals surface area (Å²) >= 11 is 0. The number of nitrogens with two attached hydrogens (primary N) is 1. The number of aromatic nitrogens is 1. The van der Waals surface area contributed by atoms with Gasteiger partial charge in [0.05, 0.1) is 11.9 Å². The molecular formula is C10H14N2O2. The summed E-state index contributed by atoms with van der Waals surface area (Å²) in [4.78, 5) is 15.3. The maximum atomic E-state index is 11.4. The molecule has 0 bridgehead atoms. The van der Waals surface area contributed by atoms with E-state index in [0.29, 0.717) is 5.69 Å². The number of ether oxygens (including phenoxy) is 1. The van der Waals surface area contributed by atoms with Gasteiger partial charge in [-0.25, -0.2) is 9.78 Å². The van der Waals surface area contributed by atoms with Gasteiger partial charge in [0.1, 0.15) is 11.3 Å². The second kappa shape index (κ2) is 3.65. The van der Waals surface area contributed by atoms with Gasteiger partial charge in [-0.2, -0.15) is 0 Å². The zero-order valence-corrected chi connectivity index (χ0v) is 8.57. The van der Waals surface area contributed by atoms with Gasteiger partial charge in [0, 0.05) is 0 Å². The van der Waals surface area contributed by atoms with Gasteiger partial charge in [0.25, 0.3) is 0 Å². The van der Waals surface area contributed by atoms with Gasteiger partial charge in [0.2, 0.25) is 0 Å². The van der Waals surface area contributed by atoms with E-state index in [-0.39, 0.29) is 5.69 Å². The minimum absolute atomic E-state index is 0.272. The Hall–Kier alpha value is -1.58. The topological polar surface area (TPSA) is 65.2 Å². The monoisotopic (exact) mass is 194 g/mol. The highest BCUT2D eigenvalue weighted by atomic mass is 16.6. The minimum Gasteiger partial charge on any atom is -0.455 e. The van der Waals surface area contributed by atoms with Crippen LogP contribution in [0.1, 0.15) is 31.3 Å². The maximum absolute atomic E-state index is 11.4. The molecule has 0 aliphatic rings. The smallest absolute Gasteiger partial charge is 0.357 e. The lowest BCUT2D eigenvalue weighted by molar-refractivity contribution is 0.00629. The number of carbonyl (C=O) groups excluding carboxylic acids is 1. The number of rotatable bonds is 1. The highest BCUT2D eigenvalue weighted by Gasteiger charge is 2.18. The summed E-state index contributed by atoms with van der Waals surface area (Å²) in [5, 5.41) is 0. The van der Waals surface area contributed by atoms with Gasteiger partial charge < -0.3 is 10.5 Å². The van der Waals surface area contributed by atoms with Crippen molar-refractivity contribution in [1.29, 1.82) is 0 Å². The molecule has 1 aromatic heterocycles. The lowest BCUT2D eigenvalue weighted by Gasteiger charge is -2.18. The summed E-state index contributed by atoms with van der Waals surface area (Å²) in [5.41, 5.74) is 5.74. The van der Waals surface area contributed by atoms with Crippen LogP contribution in [0.15, 0.2) is 18.3 Å². The van der Waals surface area contributed by atoms with E-state index in [1.807, 2.05) is 20.8 Å². The average molecular weight is 194 g/mol. The van der Waals surface area contributed by atoms with Crippen LogP contribution in [0.5, 0.6) is 0 Å². The van der Waals surface area contributed by atoms with Crippen LogP contribution in [0.3, 0.4) is 0 Å². The fraction of sp³-hybridized carbons (Fsp3) is 0.400. The molecule has 0 amide bonds. The number of nitrogens with zero attached hydrogens (tertiary/aromatic N) is 1. The largest absolute Gasteiger partial charge is 0.455 e. The van der Waals surface area contributed by atoms with Crippen molar-refractivity contribution in [2.75, 3.05) is 5.73 Å². The molecule has 0 fully saturated rings. The fourth-order valence-corrected chi connectivity index (χ4v) is 0.856. The van der Waals surface area contributed by atoms with E-state index in [2.05, 4.69) is 4.98 Å². The van der Waals surface area contributed by atoms with Gasteiger partial charge >= 0.3 is 5.97 Å². The molecule has 0 aliphatic carbocycles. The molecule has 1 heterocycles. The molecule has 2 N–H and O–H groups in total. The molecule has 14 heavy (non-hydrogen) atoms. The summed E-state index contributed by atoms with van der Waals surface area (Å²) in [6.45, 7) is 5.42. The predicted octanol–water partition coefficient (Wildman–Crippen LogP) is 1.62. The number of pyridine rings is 1. The zero-order valence-electron chi connectivity index (χ0n) is 8.57. The first kappa shape index (κ1) is 10.5. The van der Waals surface area contributed by atoms with Crippen LogP contribution in [0.4, 0.5) is 5.69 Å². The van der Waals surface area contributed by atoms with E-state index in [1.165, 1.54) is 6.20 Å². The molecule has 0 saturated carbocycles. The van der Waals surface area contributed by atoms with Crippen LogP contribution in [-0.2, 0) is 4.74 Å². The van der Waals surface area contributed by atoms with Crippen molar-refractivity contribution in [3.63, 3.8) is 0 Å². The van der Waals surface area contributed by atoms with E-state index >= 15 is 0 Å². The Balaban J connectivity index is 2.76. The number of esters is 1. The van der Waals surface area contributed by atoms with Gasteiger partial charge in [-0.3, -0.25) is 0 Å². The first-order chi connectivity index (χ1) is 6.38. The molecule has 0 spiro atoms. The van der Waals surface area contributed by atoms with Gasteiger partial charge in [0.15, 0.2) is 0 Å². The number of carbonyl (C=O) groups is 1. The highest BCUT2D eigenvalue weighted by Crippen LogP contribution is 2.11. The minimum atomic E-state index is -0.500. The molecule has 4 nitrogen and oxygen atoms in total. The molecule has 1 rings (SSSR count). The molecule has 0 unspecified atom stereocenters. The standard InChI is InChI=1S/C10H14N2O2/c1-10(2,3)14-9(13)8-5-4-7(11)6-12-8/h4-6H,11H2,1-3H3. The Morgan fingerprint density at radius 3 is 2.50 bits per heavy atom. The van der Waals surface area contributed by atoms with Gasteiger partial charge in [-0.15, -0.1) is 0 Å². The SMILES string of the molecule is CC(C)(C)OC(=O)c1ccc(N)cn1. The Labute approximate surface area is 83.1 Å². The van der Waals surface area contributed by atoms with Crippen LogP contribution in [0.2, 0.25) is 0 Å². The average Bonchev–Trinajstić information content (AvgIpc) is 2.02. The van der Waals surface area contributed by atoms with Crippen LogP contribution in [0.25, 0.3) is 0 Å². The van der Waals surface area contributed by atoms with Crippen molar-refractivity contribution >= 4 is 11.7 Å². The first-order valence-electron chi connectivity index (χ1n) is 4.33. The number of nitrogen functional groups attached to an aromatic ring is 1. The Kier molecular flexibility index (Phi) is 2.74. The quantitative estimate of drug-likeness (QED) is 0.690. The molecule has 0 saturated heterocycles. The fourth-order valence-electron chi connectivity index (χ4n) is 0.856. The van der Waals surface area contributed by atoms with Gasteiger partial charge in [-0.05, 0) is 32.9 Å². The van der Waals surface area contributed by atoms with Crippen LogP contribution >= 0.6 is 0 Å². The molecule has 0 atom stereocenters. The third-order valence-electron chi connectivity index (χ3n) is 1.39. The van der Waals surface area contributed by atoms with Crippen LogP contribution in [-0.4, -0.2) is 16.6 Å². The number of anilines is 1. The molecule has 76 valence electrons. The Morgan fingerprint density at radius 2 is 2.07 bits per heavy atom. The summed E-state index contributed by atoms with van der Waals surface area (Å²) < 4.78 is 5.12. The molecule has 4 heteroatoms. The first-order valence-corrected chi connectivity index (χ1v) is 4.33. The lowest BCUT2D eigenvalue weighted by atomic mass is 10.2. The van der Waals surface area contributed by atoms with E-state index in [4.69, 9.17) is 10.5 Å². The molecule has 0 aromatic carbocycles. The third kappa shape index (κ3) is 3.05. The predicted molar refractivity (Wildman–Crippen MR) is 53.8 cm³/mol. The Morgan fingerprint density at radius 1 is 1.43 bits per heavy atom. The number of hydrogen-bond acceptors (Lipinski definition) is 4. The van der Waals surface area contributed by atoms with Crippen molar-refractivity contribution in [1.82, 2.24) is 4.98 Å². The maximum Gasteiger partial charge on any atom is 0.357 e. The Bertz CT molecular complexity index is 325. The third-order valence-corrected chi connectivity index (χ3v) is 1.39. The second-order valence-electron chi connectivity index (χ2n) is 3.98. The molecule has 0 aliphatic heterocycles. The summed E-state index contributed by atoms with van der Waals surface area (Å²) in [7, 11) is 0. The summed E-state index contributed by atoms with van der Waals surface area (Å²) in [6.07, 6.45) is 1.43. The van der Waals surface area contributed by atoms with Crippen molar-refractivity contribution in [2.24, 2.45) is 0 Å². The lowest BCUT2D eigenvalue weighted by Crippen LogP contribution is -2.24. The van der Waals surface area contributed by atoms with Crippen molar-refractivity contribution in [2.45, 2.75) is 26.4 Å². The van der Waals surface area contributed by atoms with Crippen LogP contribution < -0.4 is 5.73 Å². The molecule has 1 aromatic rings. The highest BCUT2D eigenvalue weighted by molar-refractivity contribution is 5.87. The van der Waals surface area contributed by atoms with E-state index in [1.54, 1.807) is 12.1 Å². The summed E-state index contributed by atoms with van der Waals surface area (Å²) in [6, 6.07) is 3.16. The van der Waals surface area contributed by atoms with Crippen molar-refractivity contribution in [3.05, 3.63) is 24.0 Å². The van der Waals surface area contributed by atoms with E-state index < -0.39 is 11.6 Å². The zero-order chi connectivity index (χ0) is 10.8. The second-order valence-corrected chi connectivity index (χ2v) is 3.98. The van der Waals surface area contributed by atoms with Crippen molar-refractivity contribution in [3.8, 4) is 0 Å².